The predicted molar refractivity (Wildman–Crippen MR) is 143 cm³/mol. The summed E-state index contributed by atoms with van der Waals surface area (Å²) in [6.45, 7) is 4.33. The summed E-state index contributed by atoms with van der Waals surface area (Å²) in [4.78, 5) is 17.2. The molecule has 0 saturated carbocycles. The van der Waals surface area contributed by atoms with E-state index in [1.807, 2.05) is 80.6 Å². The summed E-state index contributed by atoms with van der Waals surface area (Å²) in [7, 11) is 1.65. The van der Waals surface area contributed by atoms with Crippen molar-refractivity contribution in [3.05, 3.63) is 90.8 Å². The smallest absolute Gasteiger partial charge is 0.248 e. The molecule has 0 unspecified atom stereocenters. The number of methoxy groups -OCH3 is 1. The van der Waals surface area contributed by atoms with Crippen LogP contribution in [-0.2, 0) is 4.79 Å². The molecule has 0 bridgehead atoms. The summed E-state index contributed by atoms with van der Waals surface area (Å²) < 4.78 is 17.0. The molecule has 0 spiro atoms. The van der Waals surface area contributed by atoms with Crippen LogP contribution in [0, 0.1) is 0 Å². The molecule has 3 aromatic carbocycles. The molecule has 5 aromatic rings. The maximum Gasteiger partial charge on any atom is 0.248 e. The van der Waals surface area contributed by atoms with Crippen molar-refractivity contribution >= 4 is 39.0 Å². The fraction of sp³-hybridized carbons (Fsp3) is 0.133. The number of ether oxygens (including phenoxy) is 2. The van der Waals surface area contributed by atoms with Crippen LogP contribution in [0.5, 0.6) is 11.5 Å². The van der Waals surface area contributed by atoms with E-state index in [0.717, 1.165) is 49.9 Å². The van der Waals surface area contributed by atoms with Gasteiger partial charge in [0.2, 0.25) is 5.91 Å². The summed E-state index contributed by atoms with van der Waals surface area (Å²) in [6.07, 6.45) is 5.08. The number of nitrogens with zero attached hydrogens (tertiary/aromatic N) is 1. The molecule has 6 heteroatoms. The summed E-state index contributed by atoms with van der Waals surface area (Å²) in [6, 6.07) is 21.2. The first-order chi connectivity index (χ1) is 17.6. The zero-order valence-electron chi connectivity index (χ0n) is 20.4. The highest BCUT2D eigenvalue weighted by Crippen LogP contribution is 2.38. The van der Waals surface area contributed by atoms with Crippen LogP contribution < -0.4 is 14.8 Å². The minimum atomic E-state index is -0.221. The number of anilines is 1. The van der Waals surface area contributed by atoms with Gasteiger partial charge in [-0.2, -0.15) is 0 Å². The molecule has 180 valence electrons. The van der Waals surface area contributed by atoms with Crippen LogP contribution in [0.15, 0.2) is 89.7 Å². The number of furan rings is 1. The lowest BCUT2D eigenvalue weighted by Crippen LogP contribution is -2.08. The lowest BCUT2D eigenvalue weighted by atomic mass is 9.99. The Morgan fingerprint density at radius 1 is 1.08 bits per heavy atom. The second-order valence-electron chi connectivity index (χ2n) is 8.38. The topological polar surface area (TPSA) is 73.6 Å². The highest BCUT2D eigenvalue weighted by atomic mass is 16.5. The van der Waals surface area contributed by atoms with Crippen molar-refractivity contribution in [3.63, 3.8) is 0 Å². The number of pyridine rings is 1. The molecule has 5 rings (SSSR count). The average Bonchev–Trinajstić information content (AvgIpc) is 3.31. The van der Waals surface area contributed by atoms with E-state index in [1.165, 1.54) is 0 Å². The number of carbonyl (C=O) groups is 1. The van der Waals surface area contributed by atoms with Crippen molar-refractivity contribution in [1.82, 2.24) is 4.98 Å². The Balaban J connectivity index is 1.48. The Kier molecular flexibility index (Phi) is 6.41. The number of hydrogen-bond donors (Lipinski definition) is 1. The van der Waals surface area contributed by atoms with Gasteiger partial charge in [0.05, 0.1) is 25.5 Å². The van der Waals surface area contributed by atoms with Crippen molar-refractivity contribution in [2.75, 3.05) is 19.0 Å². The molecular weight excluding hydrogens is 452 g/mol. The fourth-order valence-electron chi connectivity index (χ4n) is 4.24. The summed E-state index contributed by atoms with van der Waals surface area (Å²) in [5, 5.41) is 4.85. The molecule has 1 amide bonds. The van der Waals surface area contributed by atoms with Crippen LogP contribution in [0.4, 0.5) is 5.69 Å². The van der Waals surface area contributed by atoms with Crippen molar-refractivity contribution in [1.29, 1.82) is 0 Å². The molecule has 36 heavy (non-hydrogen) atoms. The third-order valence-corrected chi connectivity index (χ3v) is 6.02. The van der Waals surface area contributed by atoms with E-state index in [4.69, 9.17) is 13.9 Å². The van der Waals surface area contributed by atoms with Gasteiger partial charge < -0.3 is 19.2 Å². The van der Waals surface area contributed by atoms with Gasteiger partial charge in [-0.25, -0.2) is 0 Å². The monoisotopic (exact) mass is 478 g/mol. The minimum Gasteiger partial charge on any atom is -0.497 e. The van der Waals surface area contributed by atoms with Gasteiger partial charge in [0.25, 0.3) is 0 Å². The van der Waals surface area contributed by atoms with E-state index in [2.05, 4.69) is 10.3 Å². The highest BCUT2D eigenvalue weighted by molar-refractivity contribution is 6.06. The number of allylic oxidation sites excluding steroid dienone is 1. The van der Waals surface area contributed by atoms with E-state index in [0.29, 0.717) is 18.0 Å². The van der Waals surface area contributed by atoms with Crippen LogP contribution >= 0.6 is 0 Å². The van der Waals surface area contributed by atoms with Crippen LogP contribution in [-0.4, -0.2) is 24.6 Å². The van der Waals surface area contributed by atoms with Gasteiger partial charge in [-0.05, 0) is 67.4 Å². The van der Waals surface area contributed by atoms with E-state index >= 15 is 0 Å². The minimum absolute atomic E-state index is 0.221. The Morgan fingerprint density at radius 3 is 2.69 bits per heavy atom. The van der Waals surface area contributed by atoms with E-state index < -0.39 is 0 Å². The van der Waals surface area contributed by atoms with Gasteiger partial charge in [0.15, 0.2) is 0 Å². The molecule has 0 atom stereocenters. The van der Waals surface area contributed by atoms with Crippen molar-refractivity contribution < 1.29 is 18.7 Å². The second kappa shape index (κ2) is 9.96. The number of rotatable bonds is 7. The predicted octanol–water partition coefficient (Wildman–Crippen LogP) is 7.10. The van der Waals surface area contributed by atoms with E-state index in [1.54, 1.807) is 25.6 Å². The Bertz CT molecular complexity index is 1580. The number of amides is 1. The number of hydrogen-bond acceptors (Lipinski definition) is 5. The fourth-order valence-corrected chi connectivity index (χ4v) is 4.24. The number of nitrogens with one attached hydrogen (secondary N) is 1. The molecule has 0 aliphatic heterocycles. The zero-order valence-corrected chi connectivity index (χ0v) is 20.4. The van der Waals surface area contributed by atoms with Crippen molar-refractivity contribution in [2.24, 2.45) is 0 Å². The van der Waals surface area contributed by atoms with Gasteiger partial charge in [-0.15, -0.1) is 0 Å². The SMILES string of the molecule is CCOc1cc2occ(-c3ccc(OC)cc3)c2cc1/C(C)=C/C(=O)Nc1ccc2ncccc2c1. The first-order valence-electron chi connectivity index (χ1n) is 11.7. The quantitative estimate of drug-likeness (QED) is 0.253. The molecule has 6 nitrogen and oxygen atoms in total. The maximum absolute atomic E-state index is 12.9. The third-order valence-electron chi connectivity index (χ3n) is 6.02. The maximum atomic E-state index is 12.9. The molecule has 2 heterocycles. The molecule has 0 aliphatic rings. The van der Waals surface area contributed by atoms with Gasteiger partial charge in [-0.3, -0.25) is 9.78 Å². The Hall–Kier alpha value is -4.58. The molecule has 0 radical (unpaired) electrons. The molecular formula is C30H26N2O4. The number of aromatic nitrogens is 1. The van der Waals surface area contributed by atoms with Crippen LogP contribution in [0.1, 0.15) is 19.4 Å². The van der Waals surface area contributed by atoms with E-state index in [-0.39, 0.29) is 5.91 Å². The molecule has 0 aliphatic carbocycles. The average molecular weight is 479 g/mol. The first kappa shape index (κ1) is 23.2. The zero-order chi connectivity index (χ0) is 25.1. The van der Waals surface area contributed by atoms with Gasteiger partial charge in [0.1, 0.15) is 17.1 Å². The normalized spacial score (nSPS) is 11.6. The van der Waals surface area contributed by atoms with E-state index in [9.17, 15) is 4.79 Å². The third kappa shape index (κ3) is 4.66. The van der Waals surface area contributed by atoms with Crippen molar-refractivity contribution in [3.8, 4) is 22.6 Å². The Labute approximate surface area is 209 Å². The number of carbonyl (C=O) groups excluding carboxylic acids is 1. The van der Waals surface area contributed by atoms with Crippen LogP contribution in [0.2, 0.25) is 0 Å². The highest BCUT2D eigenvalue weighted by Gasteiger charge is 2.15. The summed E-state index contributed by atoms with van der Waals surface area (Å²) >= 11 is 0. The lowest BCUT2D eigenvalue weighted by molar-refractivity contribution is -0.111. The van der Waals surface area contributed by atoms with Gasteiger partial charge >= 0.3 is 0 Å². The van der Waals surface area contributed by atoms with Gasteiger partial charge in [0, 0.05) is 45.9 Å². The lowest BCUT2D eigenvalue weighted by Gasteiger charge is -2.12. The molecule has 1 N–H and O–H groups in total. The molecule has 0 saturated heterocycles. The Morgan fingerprint density at radius 2 is 1.92 bits per heavy atom. The van der Waals surface area contributed by atoms with Gasteiger partial charge in [-0.1, -0.05) is 18.2 Å². The molecule has 0 fully saturated rings. The van der Waals surface area contributed by atoms with Crippen LogP contribution in [0.25, 0.3) is 38.6 Å². The second-order valence-corrected chi connectivity index (χ2v) is 8.38. The van der Waals surface area contributed by atoms with Crippen molar-refractivity contribution in [2.45, 2.75) is 13.8 Å². The number of fused-ring (bicyclic) bond motifs is 2. The molecule has 2 aromatic heterocycles. The first-order valence-corrected chi connectivity index (χ1v) is 11.7. The standard InChI is InChI=1S/C30H26N2O4/c1-4-35-28-17-29-25(26(18-36-29)20-7-10-23(34-3)11-8-20)16-24(28)19(2)14-30(33)32-22-9-12-27-21(15-22)6-5-13-31-27/h5-18H,4H2,1-3H3,(H,32,33)/b19-14+. The summed E-state index contributed by atoms with van der Waals surface area (Å²) in [5.74, 6) is 1.23. The van der Waals surface area contributed by atoms with Crippen LogP contribution in [0.3, 0.4) is 0 Å². The number of benzene rings is 3. The largest absolute Gasteiger partial charge is 0.497 e. The summed E-state index contributed by atoms with van der Waals surface area (Å²) in [5.41, 5.74) is 5.88.